The fourth-order valence-corrected chi connectivity index (χ4v) is 3.39. The number of nitrogens with one attached hydrogen (secondary N) is 1. The highest BCUT2D eigenvalue weighted by atomic mass is 32.2. The van der Waals surface area contributed by atoms with Crippen LogP contribution in [0.25, 0.3) is 6.08 Å². The van der Waals surface area contributed by atoms with Crippen LogP contribution in [-0.2, 0) is 11.2 Å². The van der Waals surface area contributed by atoms with Crippen LogP contribution in [0.15, 0.2) is 59.5 Å². The molecular weight excluding hydrogens is 324 g/mol. The number of rotatable bonds is 4. The molecule has 1 aliphatic heterocycles. The van der Waals surface area contributed by atoms with Crippen LogP contribution in [0.1, 0.15) is 18.1 Å². The van der Waals surface area contributed by atoms with Gasteiger partial charge in [0.25, 0.3) is 5.91 Å². The molecule has 0 saturated carbocycles. The number of anilines is 1. The van der Waals surface area contributed by atoms with Gasteiger partial charge in [0.15, 0.2) is 4.32 Å². The van der Waals surface area contributed by atoms with E-state index in [9.17, 15) is 4.79 Å². The molecule has 0 spiro atoms. The van der Waals surface area contributed by atoms with E-state index >= 15 is 0 Å². The van der Waals surface area contributed by atoms with Crippen molar-refractivity contribution in [2.75, 3.05) is 5.43 Å². The van der Waals surface area contributed by atoms with E-state index in [4.69, 9.17) is 12.2 Å². The van der Waals surface area contributed by atoms with E-state index in [0.29, 0.717) is 9.23 Å². The maximum Gasteiger partial charge on any atom is 0.285 e. The molecule has 0 aromatic heterocycles. The number of benzene rings is 2. The second kappa shape index (κ2) is 6.98. The van der Waals surface area contributed by atoms with E-state index in [1.807, 2.05) is 48.5 Å². The van der Waals surface area contributed by atoms with Gasteiger partial charge in [-0.1, -0.05) is 61.2 Å². The summed E-state index contributed by atoms with van der Waals surface area (Å²) in [5, 5.41) is 1.42. The summed E-state index contributed by atoms with van der Waals surface area (Å²) in [5.74, 6) is -0.122. The Bertz CT molecular complexity index is 754. The number of hydrogen-bond acceptors (Lipinski definition) is 4. The lowest BCUT2D eigenvalue weighted by atomic mass is 10.1. The van der Waals surface area contributed by atoms with E-state index in [-0.39, 0.29) is 5.91 Å². The number of nitrogens with zero attached hydrogens (tertiary/aromatic N) is 1. The highest BCUT2D eigenvalue weighted by molar-refractivity contribution is 8.26. The van der Waals surface area contributed by atoms with Gasteiger partial charge in [-0.2, -0.15) is 0 Å². The number of thiocarbonyl (C=S) groups is 1. The van der Waals surface area contributed by atoms with Crippen LogP contribution in [-0.4, -0.2) is 15.2 Å². The lowest BCUT2D eigenvalue weighted by Crippen LogP contribution is -2.33. The van der Waals surface area contributed by atoms with Crippen molar-refractivity contribution in [2.24, 2.45) is 0 Å². The molecule has 3 nitrogen and oxygen atoms in total. The van der Waals surface area contributed by atoms with Crippen LogP contribution in [0.5, 0.6) is 0 Å². The molecule has 1 N–H and O–H groups in total. The van der Waals surface area contributed by atoms with Crippen molar-refractivity contribution >= 4 is 46.0 Å². The lowest BCUT2D eigenvalue weighted by Gasteiger charge is -2.16. The first-order valence-corrected chi connectivity index (χ1v) is 8.58. The van der Waals surface area contributed by atoms with Crippen LogP contribution in [0.4, 0.5) is 5.69 Å². The minimum atomic E-state index is -0.122. The van der Waals surface area contributed by atoms with Gasteiger partial charge in [-0.25, -0.2) is 5.01 Å². The van der Waals surface area contributed by atoms with Gasteiger partial charge >= 0.3 is 0 Å². The van der Waals surface area contributed by atoms with Crippen LogP contribution in [0.3, 0.4) is 0 Å². The Hall–Kier alpha value is -2.11. The molecule has 0 radical (unpaired) electrons. The summed E-state index contributed by atoms with van der Waals surface area (Å²) in [4.78, 5) is 13.2. The Morgan fingerprint density at radius 3 is 2.48 bits per heavy atom. The Balaban J connectivity index is 1.78. The van der Waals surface area contributed by atoms with Crippen molar-refractivity contribution < 1.29 is 4.79 Å². The van der Waals surface area contributed by atoms with Gasteiger partial charge in [0.05, 0.1) is 10.6 Å². The number of carbonyl (C=O) groups excluding carboxylic acids is 1. The van der Waals surface area contributed by atoms with E-state index in [1.165, 1.54) is 22.3 Å². The molecule has 0 atom stereocenters. The summed E-state index contributed by atoms with van der Waals surface area (Å²) in [6, 6.07) is 17.7. The van der Waals surface area contributed by atoms with E-state index in [1.54, 1.807) is 0 Å². The molecule has 23 heavy (non-hydrogen) atoms. The van der Waals surface area contributed by atoms with Gasteiger partial charge in [-0.05, 0) is 48.0 Å². The number of aryl methyl sites for hydroxylation is 1. The minimum Gasteiger partial charge on any atom is -0.290 e. The highest BCUT2D eigenvalue weighted by Gasteiger charge is 2.32. The summed E-state index contributed by atoms with van der Waals surface area (Å²) in [5.41, 5.74) is 6.17. The number of amides is 1. The predicted molar refractivity (Wildman–Crippen MR) is 101 cm³/mol. The molecule has 0 aliphatic carbocycles. The summed E-state index contributed by atoms with van der Waals surface area (Å²) in [6.45, 7) is 2.12. The van der Waals surface area contributed by atoms with Crippen molar-refractivity contribution in [1.29, 1.82) is 0 Å². The monoisotopic (exact) mass is 340 g/mol. The summed E-state index contributed by atoms with van der Waals surface area (Å²) >= 11 is 6.63. The first-order valence-electron chi connectivity index (χ1n) is 7.36. The molecule has 0 unspecified atom stereocenters. The SMILES string of the molecule is CCc1ccc(/C=C2/SC(=S)N(Nc3ccccc3)C2=O)cc1. The molecule has 1 saturated heterocycles. The Kier molecular flexibility index (Phi) is 4.79. The quantitative estimate of drug-likeness (QED) is 0.657. The average molecular weight is 340 g/mol. The molecule has 5 heteroatoms. The molecule has 3 rings (SSSR count). The Labute approximate surface area is 145 Å². The number of carbonyl (C=O) groups is 1. The molecule has 2 aromatic rings. The fourth-order valence-electron chi connectivity index (χ4n) is 2.21. The van der Waals surface area contributed by atoms with Crippen molar-refractivity contribution in [3.05, 3.63) is 70.6 Å². The second-order valence-corrected chi connectivity index (χ2v) is 6.77. The first-order chi connectivity index (χ1) is 11.2. The number of thioether (sulfide) groups is 1. The topological polar surface area (TPSA) is 32.3 Å². The fraction of sp³-hybridized carbons (Fsp3) is 0.111. The Morgan fingerprint density at radius 1 is 1.13 bits per heavy atom. The molecule has 0 bridgehead atoms. The molecule has 116 valence electrons. The smallest absolute Gasteiger partial charge is 0.285 e. The first kappa shape index (κ1) is 15.8. The lowest BCUT2D eigenvalue weighted by molar-refractivity contribution is -0.121. The van der Waals surface area contributed by atoms with Gasteiger partial charge in [-0.3, -0.25) is 10.2 Å². The van der Waals surface area contributed by atoms with Crippen molar-refractivity contribution in [1.82, 2.24) is 5.01 Å². The maximum atomic E-state index is 12.5. The molecule has 1 aliphatic rings. The van der Waals surface area contributed by atoms with Crippen molar-refractivity contribution in [3.63, 3.8) is 0 Å². The summed E-state index contributed by atoms with van der Waals surface area (Å²) in [6.07, 6.45) is 2.88. The molecular formula is C18H16N2OS2. The normalized spacial score (nSPS) is 16.2. The zero-order chi connectivity index (χ0) is 16.2. The molecule has 1 heterocycles. The van der Waals surface area contributed by atoms with Gasteiger partial charge in [-0.15, -0.1) is 0 Å². The number of hydrazine groups is 1. The van der Waals surface area contributed by atoms with Crippen molar-refractivity contribution in [2.45, 2.75) is 13.3 Å². The highest BCUT2D eigenvalue weighted by Crippen LogP contribution is 2.32. The third-order valence-corrected chi connectivity index (χ3v) is 4.80. The third kappa shape index (κ3) is 3.63. The van der Waals surface area contributed by atoms with Crippen molar-refractivity contribution in [3.8, 4) is 0 Å². The minimum absolute atomic E-state index is 0.122. The molecule has 1 fully saturated rings. The molecule has 1 amide bonds. The maximum absolute atomic E-state index is 12.5. The second-order valence-electron chi connectivity index (χ2n) is 5.09. The standard InChI is InChI=1S/C18H16N2OS2/c1-2-13-8-10-14(11-9-13)12-16-17(21)20(18(22)23-16)19-15-6-4-3-5-7-15/h3-12,19H,2H2,1H3/b16-12+. The van der Waals surface area contributed by atoms with Crippen LogP contribution < -0.4 is 5.43 Å². The van der Waals surface area contributed by atoms with E-state index in [2.05, 4.69) is 24.5 Å². The zero-order valence-corrected chi connectivity index (χ0v) is 14.3. The summed E-state index contributed by atoms with van der Waals surface area (Å²) in [7, 11) is 0. The number of hydrogen-bond donors (Lipinski definition) is 1. The average Bonchev–Trinajstić information content (AvgIpc) is 2.84. The Morgan fingerprint density at radius 2 is 1.83 bits per heavy atom. The van der Waals surface area contributed by atoms with Gasteiger partial charge in [0, 0.05) is 0 Å². The van der Waals surface area contributed by atoms with E-state index in [0.717, 1.165) is 17.7 Å². The van der Waals surface area contributed by atoms with Gasteiger partial charge in [0.1, 0.15) is 0 Å². The predicted octanol–water partition coefficient (Wildman–Crippen LogP) is 4.48. The van der Waals surface area contributed by atoms with Crippen LogP contribution in [0.2, 0.25) is 0 Å². The summed E-state index contributed by atoms with van der Waals surface area (Å²) < 4.78 is 0.510. The molecule has 2 aromatic carbocycles. The van der Waals surface area contributed by atoms with Crippen LogP contribution in [0, 0.1) is 0 Å². The van der Waals surface area contributed by atoms with Gasteiger partial charge in [0.2, 0.25) is 0 Å². The van der Waals surface area contributed by atoms with Gasteiger partial charge < -0.3 is 0 Å². The largest absolute Gasteiger partial charge is 0.290 e. The van der Waals surface area contributed by atoms with E-state index < -0.39 is 0 Å². The zero-order valence-electron chi connectivity index (χ0n) is 12.7. The van der Waals surface area contributed by atoms with Crippen LogP contribution >= 0.6 is 24.0 Å². The number of para-hydroxylation sites is 1. The third-order valence-electron chi connectivity index (χ3n) is 3.49.